The number of carbonyl (C=O) groups is 1. The van der Waals surface area contributed by atoms with E-state index < -0.39 is 5.97 Å². The third-order valence-electron chi connectivity index (χ3n) is 2.33. The minimum atomic E-state index is -0.650. The van der Waals surface area contributed by atoms with Crippen LogP contribution in [0.2, 0.25) is 0 Å². The third-order valence-corrected chi connectivity index (χ3v) is 2.33. The molecule has 0 N–H and O–H groups in total. The average Bonchev–Trinajstić information content (AvgIpc) is 2.88. The number of ether oxygens (including phenoxy) is 1. The van der Waals surface area contributed by atoms with Crippen LogP contribution in [0.1, 0.15) is 28.7 Å². The molecule has 0 amide bonds. The van der Waals surface area contributed by atoms with E-state index in [-0.39, 0.29) is 18.3 Å². The van der Waals surface area contributed by atoms with Crippen molar-refractivity contribution in [2.45, 2.75) is 13.8 Å². The van der Waals surface area contributed by atoms with E-state index in [1.54, 1.807) is 19.9 Å². The van der Waals surface area contributed by atoms with Gasteiger partial charge in [0, 0.05) is 6.20 Å². The molecule has 7 heteroatoms. The van der Waals surface area contributed by atoms with Crippen LogP contribution < -0.4 is 0 Å². The van der Waals surface area contributed by atoms with Crippen LogP contribution in [0.5, 0.6) is 0 Å². The van der Waals surface area contributed by atoms with Gasteiger partial charge < -0.3 is 9.26 Å². The molecule has 2 heterocycles. The molecule has 0 aliphatic heterocycles. The second-order valence-electron chi connectivity index (χ2n) is 3.64. The fraction of sp³-hybridized carbons (Fsp3) is 0.250. The Labute approximate surface area is 108 Å². The SMILES string of the molecule is CCOC(=O)c1noc(-c2cc(C)c(C#N)cn2)n1. The Morgan fingerprint density at radius 1 is 1.58 bits per heavy atom. The highest BCUT2D eigenvalue weighted by atomic mass is 16.5. The van der Waals surface area contributed by atoms with E-state index in [1.807, 2.05) is 6.07 Å². The molecule has 0 radical (unpaired) electrons. The molecule has 2 rings (SSSR count). The Kier molecular flexibility index (Phi) is 3.52. The zero-order valence-electron chi connectivity index (χ0n) is 10.4. The van der Waals surface area contributed by atoms with Crippen molar-refractivity contribution in [3.8, 4) is 17.7 Å². The van der Waals surface area contributed by atoms with E-state index in [4.69, 9.17) is 14.5 Å². The lowest BCUT2D eigenvalue weighted by Gasteiger charge is -1.97. The molecule has 0 fully saturated rings. The topological polar surface area (TPSA) is 102 Å². The number of pyridine rings is 1. The first kappa shape index (κ1) is 12.7. The van der Waals surface area contributed by atoms with Crippen LogP contribution in [-0.2, 0) is 4.74 Å². The average molecular weight is 258 g/mol. The predicted octanol–water partition coefficient (Wildman–Crippen LogP) is 1.49. The van der Waals surface area contributed by atoms with Gasteiger partial charge in [-0.3, -0.25) is 0 Å². The molecule has 0 spiro atoms. The van der Waals surface area contributed by atoms with E-state index in [9.17, 15) is 4.79 Å². The summed E-state index contributed by atoms with van der Waals surface area (Å²) in [5.74, 6) is -0.695. The van der Waals surface area contributed by atoms with Gasteiger partial charge in [0.25, 0.3) is 11.7 Å². The Morgan fingerprint density at radius 2 is 2.37 bits per heavy atom. The Morgan fingerprint density at radius 3 is 3.00 bits per heavy atom. The van der Waals surface area contributed by atoms with Crippen LogP contribution in [0, 0.1) is 18.3 Å². The molecular weight excluding hydrogens is 248 g/mol. The minimum Gasteiger partial charge on any atom is -0.460 e. The molecule has 7 nitrogen and oxygen atoms in total. The van der Waals surface area contributed by atoms with Crippen LogP contribution in [0.15, 0.2) is 16.8 Å². The quantitative estimate of drug-likeness (QED) is 0.768. The highest BCUT2D eigenvalue weighted by molar-refractivity contribution is 5.85. The second-order valence-corrected chi connectivity index (χ2v) is 3.64. The van der Waals surface area contributed by atoms with Crippen molar-refractivity contribution >= 4 is 5.97 Å². The van der Waals surface area contributed by atoms with Crippen molar-refractivity contribution in [2.24, 2.45) is 0 Å². The van der Waals surface area contributed by atoms with E-state index >= 15 is 0 Å². The molecule has 0 saturated carbocycles. The highest BCUT2D eigenvalue weighted by Gasteiger charge is 2.17. The number of rotatable bonds is 3. The van der Waals surface area contributed by atoms with Crippen LogP contribution in [0.25, 0.3) is 11.6 Å². The maximum Gasteiger partial charge on any atom is 0.379 e. The van der Waals surface area contributed by atoms with Crippen molar-refractivity contribution in [1.29, 1.82) is 5.26 Å². The molecule has 0 unspecified atom stereocenters. The molecule has 0 atom stereocenters. The van der Waals surface area contributed by atoms with Gasteiger partial charge in [0.2, 0.25) is 0 Å². The zero-order chi connectivity index (χ0) is 13.8. The molecule has 0 bridgehead atoms. The molecular formula is C12H10N4O3. The van der Waals surface area contributed by atoms with Gasteiger partial charge in [0.1, 0.15) is 11.8 Å². The van der Waals surface area contributed by atoms with Gasteiger partial charge in [-0.15, -0.1) is 0 Å². The van der Waals surface area contributed by atoms with Gasteiger partial charge in [-0.1, -0.05) is 0 Å². The van der Waals surface area contributed by atoms with E-state index in [0.717, 1.165) is 5.56 Å². The zero-order valence-corrected chi connectivity index (χ0v) is 10.4. The van der Waals surface area contributed by atoms with Crippen molar-refractivity contribution < 1.29 is 14.1 Å². The van der Waals surface area contributed by atoms with E-state index in [0.29, 0.717) is 11.3 Å². The summed E-state index contributed by atoms with van der Waals surface area (Å²) in [7, 11) is 0. The fourth-order valence-electron chi connectivity index (χ4n) is 1.40. The third kappa shape index (κ3) is 2.57. The summed E-state index contributed by atoms with van der Waals surface area (Å²) in [5.41, 5.74) is 1.61. The lowest BCUT2D eigenvalue weighted by atomic mass is 10.1. The van der Waals surface area contributed by atoms with Gasteiger partial charge in [-0.25, -0.2) is 9.78 Å². The summed E-state index contributed by atoms with van der Waals surface area (Å²) in [6.45, 7) is 3.69. The van der Waals surface area contributed by atoms with Crippen LogP contribution in [0.4, 0.5) is 0 Å². The number of nitriles is 1. The van der Waals surface area contributed by atoms with Gasteiger partial charge in [-0.05, 0) is 30.6 Å². The smallest absolute Gasteiger partial charge is 0.379 e. The lowest BCUT2D eigenvalue weighted by molar-refractivity contribution is 0.0508. The number of carbonyl (C=O) groups excluding carboxylic acids is 1. The monoisotopic (exact) mass is 258 g/mol. The van der Waals surface area contributed by atoms with Crippen molar-refractivity contribution in [3.63, 3.8) is 0 Å². The lowest BCUT2D eigenvalue weighted by Crippen LogP contribution is -2.06. The molecule has 2 aromatic rings. The summed E-state index contributed by atoms with van der Waals surface area (Å²) < 4.78 is 9.69. The van der Waals surface area contributed by atoms with Crippen LogP contribution >= 0.6 is 0 Å². The van der Waals surface area contributed by atoms with Crippen molar-refractivity contribution in [1.82, 2.24) is 15.1 Å². The fourth-order valence-corrected chi connectivity index (χ4v) is 1.40. The van der Waals surface area contributed by atoms with Gasteiger partial charge >= 0.3 is 5.97 Å². The van der Waals surface area contributed by atoms with E-state index in [2.05, 4.69) is 15.1 Å². The summed E-state index contributed by atoms with van der Waals surface area (Å²) in [5, 5.41) is 12.3. The highest BCUT2D eigenvalue weighted by Crippen LogP contribution is 2.17. The van der Waals surface area contributed by atoms with Gasteiger partial charge in [-0.2, -0.15) is 10.2 Å². The standard InChI is InChI=1S/C12H10N4O3/c1-3-18-12(17)10-15-11(19-16-10)9-4-7(2)8(5-13)6-14-9/h4,6H,3H2,1-2H3. The molecule has 96 valence electrons. The number of aromatic nitrogens is 3. The Bertz CT molecular complexity index is 657. The normalized spacial score (nSPS) is 9.95. The number of aryl methyl sites for hydroxylation is 1. The number of hydrogen-bond acceptors (Lipinski definition) is 7. The number of hydrogen-bond donors (Lipinski definition) is 0. The summed E-state index contributed by atoms with van der Waals surface area (Å²) in [6, 6.07) is 3.65. The minimum absolute atomic E-state index is 0.107. The molecule has 0 aliphatic rings. The number of nitrogens with zero attached hydrogens (tertiary/aromatic N) is 4. The first-order valence-corrected chi connectivity index (χ1v) is 5.53. The predicted molar refractivity (Wildman–Crippen MR) is 62.9 cm³/mol. The molecule has 19 heavy (non-hydrogen) atoms. The van der Waals surface area contributed by atoms with Gasteiger partial charge in [0.15, 0.2) is 0 Å². The first-order valence-electron chi connectivity index (χ1n) is 5.53. The number of esters is 1. The molecule has 0 aromatic carbocycles. The Balaban J connectivity index is 2.31. The summed E-state index contributed by atoms with van der Waals surface area (Å²) in [6.07, 6.45) is 1.42. The molecule has 2 aromatic heterocycles. The summed E-state index contributed by atoms with van der Waals surface area (Å²) in [4.78, 5) is 19.3. The maximum atomic E-state index is 11.4. The molecule has 0 saturated heterocycles. The summed E-state index contributed by atoms with van der Waals surface area (Å²) >= 11 is 0. The molecule has 0 aliphatic carbocycles. The van der Waals surface area contributed by atoms with Crippen molar-refractivity contribution in [3.05, 3.63) is 29.2 Å². The van der Waals surface area contributed by atoms with Crippen molar-refractivity contribution in [2.75, 3.05) is 6.61 Å². The van der Waals surface area contributed by atoms with E-state index in [1.165, 1.54) is 6.20 Å². The van der Waals surface area contributed by atoms with Crippen LogP contribution in [0.3, 0.4) is 0 Å². The largest absolute Gasteiger partial charge is 0.460 e. The Hall–Kier alpha value is -2.75. The second kappa shape index (κ2) is 5.27. The first-order chi connectivity index (χ1) is 9.15. The van der Waals surface area contributed by atoms with Crippen LogP contribution in [-0.4, -0.2) is 27.7 Å². The maximum absolute atomic E-state index is 11.4. The van der Waals surface area contributed by atoms with Gasteiger partial charge in [0.05, 0.1) is 12.2 Å².